The van der Waals surface area contributed by atoms with Gasteiger partial charge < -0.3 is 0 Å². The molecule has 0 aliphatic rings. The fourth-order valence-electron chi connectivity index (χ4n) is 1.09. The van der Waals surface area contributed by atoms with Gasteiger partial charge in [-0.2, -0.15) is 0 Å². The number of hydrogen-bond donors (Lipinski definition) is 0. The molecule has 0 saturated carbocycles. The predicted molar refractivity (Wildman–Crippen MR) is 56.8 cm³/mol. The Morgan fingerprint density at radius 3 is 2.43 bits per heavy atom. The molecule has 0 N–H and O–H groups in total. The van der Waals surface area contributed by atoms with E-state index in [9.17, 15) is 0 Å². The number of halogens is 3. The predicted octanol–water partition coefficient (Wildman–Crippen LogP) is 4.19. The quantitative estimate of drug-likeness (QED) is 0.524. The third kappa shape index (κ3) is 2.33. The van der Waals surface area contributed by atoms with E-state index in [0.717, 1.165) is 10.9 Å². The van der Waals surface area contributed by atoms with Crippen molar-refractivity contribution < 1.29 is 17.1 Å². The molecule has 1 heterocycles. The first kappa shape index (κ1) is 12.1. The maximum Gasteiger partial charge on any atom is 0.148 e. The molecule has 0 atom stereocenters. The molecular formula is C9H4Cl3CuN. The van der Waals surface area contributed by atoms with Gasteiger partial charge in [-0.05, 0) is 18.2 Å². The minimum Gasteiger partial charge on any atom is -0.234 e. The van der Waals surface area contributed by atoms with Crippen molar-refractivity contribution in [1.82, 2.24) is 4.98 Å². The van der Waals surface area contributed by atoms with Crippen molar-refractivity contribution in [3.05, 3.63) is 39.5 Å². The molecule has 14 heavy (non-hydrogen) atoms. The standard InChI is InChI=1S/C9H4Cl3N.Cu/c10-6-2-1-5-3-7(11)9(12)13-8(5)4-6;/h1-4H;. The Kier molecular flexibility index (Phi) is 4.05. The van der Waals surface area contributed by atoms with Crippen LogP contribution in [0.15, 0.2) is 24.3 Å². The van der Waals surface area contributed by atoms with E-state index >= 15 is 0 Å². The Morgan fingerprint density at radius 1 is 1.00 bits per heavy atom. The largest absolute Gasteiger partial charge is 0.234 e. The van der Waals surface area contributed by atoms with E-state index in [2.05, 4.69) is 4.98 Å². The number of nitrogens with zero attached hydrogens (tertiary/aromatic N) is 1. The van der Waals surface area contributed by atoms with Gasteiger partial charge in [0.05, 0.1) is 10.5 Å². The Hall–Kier alpha value is 0.0195. The van der Waals surface area contributed by atoms with Gasteiger partial charge in [0.1, 0.15) is 5.15 Å². The van der Waals surface area contributed by atoms with Crippen molar-refractivity contribution in [1.29, 1.82) is 0 Å². The van der Waals surface area contributed by atoms with E-state index < -0.39 is 0 Å². The topological polar surface area (TPSA) is 12.9 Å². The number of benzene rings is 1. The summed E-state index contributed by atoms with van der Waals surface area (Å²) in [7, 11) is 0. The Balaban J connectivity index is 0.000000980. The van der Waals surface area contributed by atoms with Crippen molar-refractivity contribution >= 4 is 45.7 Å². The number of rotatable bonds is 0. The molecule has 77 valence electrons. The first-order valence-corrected chi connectivity index (χ1v) is 4.71. The zero-order valence-corrected chi connectivity index (χ0v) is 9.90. The van der Waals surface area contributed by atoms with Crippen molar-refractivity contribution in [3.8, 4) is 0 Å². The molecule has 2 aromatic rings. The van der Waals surface area contributed by atoms with Gasteiger partial charge in [0.25, 0.3) is 0 Å². The molecule has 0 amide bonds. The third-order valence-corrected chi connectivity index (χ3v) is 2.60. The van der Waals surface area contributed by atoms with Crippen molar-refractivity contribution in [3.63, 3.8) is 0 Å². The number of hydrogen-bond acceptors (Lipinski definition) is 1. The Labute approximate surface area is 107 Å². The van der Waals surface area contributed by atoms with Crippen molar-refractivity contribution in [2.24, 2.45) is 0 Å². The summed E-state index contributed by atoms with van der Waals surface area (Å²) in [5, 5.41) is 2.32. The molecule has 2 rings (SSSR count). The molecule has 1 aromatic carbocycles. The molecule has 0 aliphatic heterocycles. The first-order valence-electron chi connectivity index (χ1n) is 3.58. The van der Waals surface area contributed by atoms with Crippen LogP contribution in [0.1, 0.15) is 0 Å². The summed E-state index contributed by atoms with van der Waals surface area (Å²) in [6.45, 7) is 0. The molecule has 1 radical (unpaired) electrons. The van der Waals surface area contributed by atoms with Crippen LogP contribution in [-0.2, 0) is 17.1 Å². The van der Waals surface area contributed by atoms with Crippen LogP contribution in [0.25, 0.3) is 10.9 Å². The molecule has 0 spiro atoms. The second kappa shape index (κ2) is 4.69. The SMILES string of the molecule is Clc1ccc2cc(Cl)c(Cl)nc2c1.[Cu]. The fraction of sp³-hybridized carbons (Fsp3) is 0. The zero-order valence-electron chi connectivity index (χ0n) is 6.69. The molecule has 1 nitrogen and oxygen atoms in total. The summed E-state index contributed by atoms with van der Waals surface area (Å²) in [5.41, 5.74) is 0.752. The van der Waals surface area contributed by atoms with Gasteiger partial charge in [0, 0.05) is 27.5 Å². The molecule has 0 bridgehead atoms. The zero-order chi connectivity index (χ0) is 9.42. The maximum atomic E-state index is 5.80. The molecule has 0 unspecified atom stereocenters. The third-order valence-electron chi connectivity index (χ3n) is 1.69. The van der Waals surface area contributed by atoms with Gasteiger partial charge in [0.2, 0.25) is 0 Å². The van der Waals surface area contributed by atoms with Gasteiger partial charge >= 0.3 is 0 Å². The van der Waals surface area contributed by atoms with Crippen LogP contribution in [0.2, 0.25) is 15.2 Å². The van der Waals surface area contributed by atoms with Crippen molar-refractivity contribution in [2.75, 3.05) is 0 Å². The number of pyridine rings is 1. The monoisotopic (exact) mass is 294 g/mol. The summed E-state index contributed by atoms with van der Waals surface area (Å²) in [6, 6.07) is 7.16. The summed E-state index contributed by atoms with van der Waals surface area (Å²) in [5.74, 6) is 0. The van der Waals surface area contributed by atoms with Crippen LogP contribution < -0.4 is 0 Å². The van der Waals surface area contributed by atoms with Crippen molar-refractivity contribution in [2.45, 2.75) is 0 Å². The molecule has 5 heteroatoms. The number of aromatic nitrogens is 1. The average molecular weight is 296 g/mol. The summed E-state index contributed by atoms with van der Waals surface area (Å²) in [6.07, 6.45) is 0. The van der Waals surface area contributed by atoms with E-state index in [4.69, 9.17) is 34.8 Å². The summed E-state index contributed by atoms with van der Waals surface area (Å²) < 4.78 is 0. The second-order valence-corrected chi connectivity index (χ2v) is 3.80. The molecule has 1 aromatic heterocycles. The van der Waals surface area contributed by atoms with Gasteiger partial charge in [-0.25, -0.2) is 4.98 Å². The summed E-state index contributed by atoms with van der Waals surface area (Å²) in [4.78, 5) is 4.09. The molecule has 0 aliphatic carbocycles. The maximum absolute atomic E-state index is 5.80. The van der Waals surface area contributed by atoms with E-state index in [-0.39, 0.29) is 17.1 Å². The van der Waals surface area contributed by atoms with Gasteiger partial charge in [-0.15, -0.1) is 0 Å². The van der Waals surface area contributed by atoms with Gasteiger partial charge in [0.15, 0.2) is 0 Å². The van der Waals surface area contributed by atoms with Crippen LogP contribution in [-0.4, -0.2) is 4.98 Å². The van der Waals surface area contributed by atoms with E-state index in [1.165, 1.54) is 0 Å². The minimum absolute atomic E-state index is 0. The Bertz CT molecular complexity index is 473. The average Bonchev–Trinajstić information content (AvgIpc) is 2.08. The fourth-order valence-corrected chi connectivity index (χ4v) is 1.56. The van der Waals surface area contributed by atoms with Gasteiger partial charge in [-0.1, -0.05) is 40.9 Å². The van der Waals surface area contributed by atoms with Crippen LogP contribution >= 0.6 is 34.8 Å². The van der Waals surface area contributed by atoms with Crippen LogP contribution in [0, 0.1) is 0 Å². The minimum atomic E-state index is 0. The normalized spacial score (nSPS) is 9.93. The molecule has 0 fully saturated rings. The van der Waals surface area contributed by atoms with Crippen LogP contribution in [0.4, 0.5) is 0 Å². The first-order chi connectivity index (χ1) is 6.16. The smallest absolute Gasteiger partial charge is 0.148 e. The van der Waals surface area contributed by atoms with E-state index in [0.29, 0.717) is 15.2 Å². The molecular weight excluding hydrogens is 292 g/mol. The van der Waals surface area contributed by atoms with Gasteiger partial charge in [-0.3, -0.25) is 0 Å². The van der Waals surface area contributed by atoms with E-state index in [1.54, 1.807) is 18.2 Å². The molecule has 0 saturated heterocycles. The Morgan fingerprint density at radius 2 is 1.71 bits per heavy atom. The second-order valence-electron chi connectivity index (χ2n) is 2.60. The van der Waals surface area contributed by atoms with Crippen LogP contribution in [0.3, 0.4) is 0 Å². The number of fused-ring (bicyclic) bond motifs is 1. The van der Waals surface area contributed by atoms with E-state index in [1.807, 2.05) is 6.07 Å². The summed E-state index contributed by atoms with van der Waals surface area (Å²) >= 11 is 17.3. The van der Waals surface area contributed by atoms with Crippen LogP contribution in [0.5, 0.6) is 0 Å².